The standard InChI is InChI=1S/C17H15ClF4N4O3S/c1-3-13(17(20,21)22)25-30(28,29)12-8-26(2)15(14(12)18)16(27)24-10-4-5-11(19)9(6-10)7-23/h4-6,8,13,25H,3H2,1-2H3,(H,24,27). The number of hydrogen-bond acceptors (Lipinski definition) is 4. The Morgan fingerprint density at radius 3 is 2.53 bits per heavy atom. The van der Waals surface area contributed by atoms with E-state index in [2.05, 4.69) is 5.32 Å². The smallest absolute Gasteiger partial charge is 0.344 e. The quantitative estimate of drug-likeness (QED) is 0.635. The van der Waals surface area contributed by atoms with Gasteiger partial charge in [0.1, 0.15) is 28.5 Å². The highest BCUT2D eigenvalue weighted by molar-refractivity contribution is 7.89. The molecule has 0 aliphatic carbocycles. The van der Waals surface area contributed by atoms with E-state index in [0.717, 1.165) is 29.8 Å². The lowest BCUT2D eigenvalue weighted by molar-refractivity contribution is -0.151. The minimum atomic E-state index is -4.82. The molecule has 0 saturated heterocycles. The average Bonchev–Trinajstić information content (AvgIpc) is 2.95. The van der Waals surface area contributed by atoms with Crippen LogP contribution in [0.5, 0.6) is 0 Å². The number of sulfonamides is 1. The molecule has 13 heteroatoms. The molecule has 0 bridgehead atoms. The SMILES string of the molecule is CCC(NS(=O)(=O)c1cn(C)c(C(=O)Nc2ccc(F)c(C#N)c2)c1Cl)C(F)(F)F. The van der Waals surface area contributed by atoms with Gasteiger partial charge in [0.2, 0.25) is 10.0 Å². The number of aromatic nitrogens is 1. The van der Waals surface area contributed by atoms with Crippen molar-refractivity contribution >= 4 is 33.2 Å². The van der Waals surface area contributed by atoms with Crippen LogP contribution in [0.4, 0.5) is 23.2 Å². The maximum Gasteiger partial charge on any atom is 0.404 e. The minimum absolute atomic E-state index is 0.0286. The second-order valence-corrected chi connectivity index (χ2v) is 8.21. The van der Waals surface area contributed by atoms with Crippen molar-refractivity contribution in [1.29, 1.82) is 5.26 Å². The Morgan fingerprint density at radius 2 is 2.00 bits per heavy atom. The highest BCUT2D eigenvalue weighted by Gasteiger charge is 2.42. The van der Waals surface area contributed by atoms with E-state index in [1.165, 1.54) is 17.8 Å². The Balaban J connectivity index is 2.37. The molecule has 0 fully saturated rings. The number of nitrogens with one attached hydrogen (secondary N) is 2. The van der Waals surface area contributed by atoms with Crippen LogP contribution >= 0.6 is 11.6 Å². The van der Waals surface area contributed by atoms with Crippen molar-refractivity contribution in [1.82, 2.24) is 9.29 Å². The average molecular weight is 467 g/mol. The Hall–Kier alpha value is -2.62. The molecular formula is C17H15ClF4N4O3S. The number of benzene rings is 1. The Kier molecular flexibility index (Phi) is 6.80. The van der Waals surface area contributed by atoms with Gasteiger partial charge in [-0.3, -0.25) is 4.79 Å². The molecule has 0 saturated carbocycles. The van der Waals surface area contributed by atoms with Gasteiger partial charge in [0.15, 0.2) is 0 Å². The van der Waals surface area contributed by atoms with E-state index in [0.29, 0.717) is 0 Å². The van der Waals surface area contributed by atoms with Crippen LogP contribution in [-0.2, 0) is 17.1 Å². The van der Waals surface area contributed by atoms with Gasteiger partial charge in [-0.2, -0.15) is 23.2 Å². The van der Waals surface area contributed by atoms with Crippen LogP contribution in [0.1, 0.15) is 29.4 Å². The van der Waals surface area contributed by atoms with Crippen LogP contribution in [0.25, 0.3) is 0 Å². The summed E-state index contributed by atoms with van der Waals surface area (Å²) in [4.78, 5) is 11.8. The van der Waals surface area contributed by atoms with E-state index in [4.69, 9.17) is 16.9 Å². The van der Waals surface area contributed by atoms with Gasteiger partial charge in [-0.25, -0.2) is 12.8 Å². The van der Waals surface area contributed by atoms with Crippen LogP contribution in [0.2, 0.25) is 5.02 Å². The molecule has 1 aromatic carbocycles. The van der Waals surface area contributed by atoms with Crippen LogP contribution in [-0.4, -0.2) is 31.1 Å². The summed E-state index contributed by atoms with van der Waals surface area (Å²) in [5.74, 6) is -1.72. The molecule has 7 nitrogen and oxygen atoms in total. The monoisotopic (exact) mass is 466 g/mol. The number of alkyl halides is 3. The van der Waals surface area contributed by atoms with Crippen molar-refractivity contribution < 1.29 is 30.8 Å². The summed E-state index contributed by atoms with van der Waals surface area (Å²) in [6.07, 6.45) is -4.47. The zero-order valence-electron chi connectivity index (χ0n) is 15.5. The molecule has 2 rings (SSSR count). The van der Waals surface area contributed by atoms with E-state index in [1.807, 2.05) is 0 Å². The van der Waals surface area contributed by atoms with E-state index in [-0.39, 0.29) is 16.9 Å². The Bertz CT molecular complexity index is 1120. The van der Waals surface area contributed by atoms with Crippen molar-refractivity contribution in [3.05, 3.63) is 46.5 Å². The van der Waals surface area contributed by atoms with Gasteiger partial charge in [0, 0.05) is 18.9 Å². The predicted octanol–water partition coefficient (Wildman–Crippen LogP) is 3.56. The molecular weight excluding hydrogens is 452 g/mol. The molecule has 162 valence electrons. The number of halogens is 5. The number of carbonyl (C=O) groups excluding carboxylic acids is 1. The first-order valence-corrected chi connectivity index (χ1v) is 10.1. The van der Waals surface area contributed by atoms with Crippen molar-refractivity contribution in [3.63, 3.8) is 0 Å². The van der Waals surface area contributed by atoms with Crippen LogP contribution in [0.15, 0.2) is 29.3 Å². The van der Waals surface area contributed by atoms with Crippen LogP contribution in [0, 0.1) is 17.1 Å². The molecule has 1 heterocycles. The highest BCUT2D eigenvalue weighted by Crippen LogP contribution is 2.30. The summed E-state index contributed by atoms with van der Waals surface area (Å²) >= 11 is 6.01. The third kappa shape index (κ3) is 4.92. The van der Waals surface area contributed by atoms with Gasteiger partial charge in [-0.1, -0.05) is 18.5 Å². The third-order valence-electron chi connectivity index (χ3n) is 4.04. The van der Waals surface area contributed by atoms with E-state index in [9.17, 15) is 30.8 Å². The second-order valence-electron chi connectivity index (χ2n) is 6.15. The number of anilines is 1. The molecule has 0 aliphatic rings. The molecule has 30 heavy (non-hydrogen) atoms. The van der Waals surface area contributed by atoms with Gasteiger partial charge < -0.3 is 9.88 Å². The van der Waals surface area contributed by atoms with Crippen LogP contribution < -0.4 is 10.0 Å². The lowest BCUT2D eigenvalue weighted by Crippen LogP contribution is -2.44. The summed E-state index contributed by atoms with van der Waals surface area (Å²) in [5, 5.41) is 10.6. The number of hydrogen-bond donors (Lipinski definition) is 2. The molecule has 2 aromatic rings. The molecule has 1 atom stereocenters. The molecule has 1 amide bonds. The van der Waals surface area contributed by atoms with Crippen molar-refractivity contribution in [2.75, 3.05) is 5.32 Å². The van der Waals surface area contributed by atoms with Crippen LogP contribution in [0.3, 0.4) is 0 Å². The number of nitrogens with zero attached hydrogens (tertiary/aromatic N) is 2. The van der Waals surface area contributed by atoms with Crippen molar-refractivity contribution in [2.45, 2.75) is 30.5 Å². The number of rotatable bonds is 6. The number of amides is 1. The maximum absolute atomic E-state index is 13.4. The molecule has 0 radical (unpaired) electrons. The third-order valence-corrected chi connectivity index (χ3v) is 6.02. The number of nitriles is 1. The lowest BCUT2D eigenvalue weighted by atomic mass is 10.2. The summed E-state index contributed by atoms with van der Waals surface area (Å²) in [5.41, 5.74) is -0.670. The fraction of sp³-hybridized carbons (Fsp3) is 0.294. The van der Waals surface area contributed by atoms with E-state index >= 15 is 0 Å². The minimum Gasteiger partial charge on any atom is -0.344 e. The zero-order chi connectivity index (χ0) is 22.9. The number of aryl methyl sites for hydroxylation is 1. The Morgan fingerprint density at radius 1 is 1.37 bits per heavy atom. The fourth-order valence-corrected chi connectivity index (χ4v) is 4.53. The second kappa shape index (κ2) is 8.63. The number of carbonyl (C=O) groups is 1. The fourth-order valence-electron chi connectivity index (χ4n) is 2.53. The van der Waals surface area contributed by atoms with Crippen molar-refractivity contribution in [2.24, 2.45) is 7.05 Å². The molecule has 0 spiro atoms. The molecule has 1 aromatic heterocycles. The Labute approximate surface area is 174 Å². The summed E-state index contributed by atoms with van der Waals surface area (Å²) in [6, 6.07) is 2.43. The highest BCUT2D eigenvalue weighted by atomic mass is 35.5. The van der Waals surface area contributed by atoms with E-state index < -0.39 is 50.3 Å². The first-order valence-electron chi connectivity index (χ1n) is 8.26. The van der Waals surface area contributed by atoms with Gasteiger partial charge >= 0.3 is 6.18 Å². The summed E-state index contributed by atoms with van der Waals surface area (Å²) in [7, 11) is -3.44. The predicted molar refractivity (Wildman–Crippen MR) is 99.9 cm³/mol. The summed E-state index contributed by atoms with van der Waals surface area (Å²) in [6.45, 7) is 1.16. The summed E-state index contributed by atoms with van der Waals surface area (Å²) < 4.78 is 79.6. The van der Waals surface area contributed by atoms with Gasteiger partial charge in [-0.05, 0) is 24.6 Å². The first kappa shape index (κ1) is 23.7. The molecule has 0 aliphatic heterocycles. The van der Waals surface area contributed by atoms with Gasteiger partial charge in [0.25, 0.3) is 5.91 Å². The van der Waals surface area contributed by atoms with Gasteiger partial charge in [0.05, 0.1) is 10.6 Å². The zero-order valence-corrected chi connectivity index (χ0v) is 17.1. The molecule has 1 unspecified atom stereocenters. The van der Waals surface area contributed by atoms with Crippen molar-refractivity contribution in [3.8, 4) is 6.07 Å². The van der Waals surface area contributed by atoms with Gasteiger partial charge in [-0.15, -0.1) is 0 Å². The molecule has 2 N–H and O–H groups in total. The van der Waals surface area contributed by atoms with E-state index in [1.54, 1.807) is 6.07 Å². The lowest BCUT2D eigenvalue weighted by Gasteiger charge is -2.19. The largest absolute Gasteiger partial charge is 0.404 e. The topological polar surface area (TPSA) is 104 Å². The maximum atomic E-state index is 13.4. The normalized spacial score (nSPS) is 13.0. The first-order chi connectivity index (χ1) is 13.8.